The predicted molar refractivity (Wildman–Crippen MR) is 102 cm³/mol. The molecule has 5 nitrogen and oxygen atoms in total. The predicted octanol–water partition coefficient (Wildman–Crippen LogP) is 3.52. The number of benzene rings is 2. The van der Waals surface area contributed by atoms with E-state index < -0.39 is 0 Å². The lowest BCUT2D eigenvalue weighted by Gasteiger charge is -2.14. The normalized spacial score (nSPS) is 11.2. The Morgan fingerprint density at radius 2 is 1.68 bits per heavy atom. The maximum atomic E-state index is 11.4. The number of methoxy groups -OCH3 is 1. The quantitative estimate of drug-likeness (QED) is 0.479. The van der Waals surface area contributed by atoms with Crippen LogP contribution < -0.4 is 11.1 Å². The van der Waals surface area contributed by atoms with Crippen LogP contribution in [0.15, 0.2) is 47.5 Å². The molecule has 0 unspecified atom stereocenters. The SMILES string of the molecule is CCc1cccc(CC)c1NC(N)=NCc1ccc(C(=O)OC)cc1. The standard InChI is InChI=1S/C20H25N3O2/c1-4-15-7-6-8-16(5-2)18(15)23-20(21)22-13-14-9-11-17(12-10-14)19(24)25-3/h6-12H,4-5,13H2,1-3H3,(H3,21,22,23). The molecular formula is C20H25N3O2. The van der Waals surface area contributed by atoms with Crippen LogP contribution in [-0.4, -0.2) is 19.0 Å². The van der Waals surface area contributed by atoms with E-state index in [1.54, 1.807) is 12.1 Å². The zero-order valence-corrected chi connectivity index (χ0v) is 15.0. The first kappa shape index (κ1) is 18.5. The number of nitrogens with two attached hydrogens (primary N) is 1. The molecule has 3 N–H and O–H groups in total. The van der Waals surface area contributed by atoms with Gasteiger partial charge in [0.2, 0.25) is 0 Å². The second-order valence-corrected chi connectivity index (χ2v) is 5.67. The summed E-state index contributed by atoms with van der Waals surface area (Å²) in [5, 5.41) is 3.24. The number of nitrogens with one attached hydrogen (secondary N) is 1. The summed E-state index contributed by atoms with van der Waals surface area (Å²) in [4.78, 5) is 15.8. The lowest BCUT2D eigenvalue weighted by atomic mass is 10.0. The molecular weight excluding hydrogens is 314 g/mol. The fourth-order valence-corrected chi connectivity index (χ4v) is 2.61. The first-order valence-corrected chi connectivity index (χ1v) is 8.44. The van der Waals surface area contributed by atoms with Crippen molar-refractivity contribution in [3.8, 4) is 0 Å². The van der Waals surface area contributed by atoms with Crippen LogP contribution in [-0.2, 0) is 24.1 Å². The summed E-state index contributed by atoms with van der Waals surface area (Å²) in [6.45, 7) is 4.68. The van der Waals surface area contributed by atoms with Gasteiger partial charge in [-0.15, -0.1) is 0 Å². The molecule has 2 aromatic rings. The topological polar surface area (TPSA) is 76.7 Å². The smallest absolute Gasteiger partial charge is 0.337 e. The average Bonchev–Trinajstić information content (AvgIpc) is 2.66. The lowest BCUT2D eigenvalue weighted by molar-refractivity contribution is 0.0600. The lowest BCUT2D eigenvalue weighted by Crippen LogP contribution is -2.24. The Bertz CT molecular complexity index is 730. The van der Waals surface area contributed by atoms with E-state index in [4.69, 9.17) is 5.73 Å². The van der Waals surface area contributed by atoms with Crippen molar-refractivity contribution in [2.24, 2.45) is 10.7 Å². The number of aliphatic imine (C=N–C) groups is 1. The number of guanidine groups is 1. The van der Waals surface area contributed by atoms with Crippen molar-refractivity contribution in [2.45, 2.75) is 33.2 Å². The largest absolute Gasteiger partial charge is 0.465 e. The molecule has 0 fully saturated rings. The van der Waals surface area contributed by atoms with E-state index in [1.807, 2.05) is 12.1 Å². The monoisotopic (exact) mass is 339 g/mol. The summed E-state index contributed by atoms with van der Waals surface area (Å²) in [5.41, 5.74) is 11.0. The number of anilines is 1. The Labute approximate surface area is 148 Å². The number of aryl methyl sites for hydroxylation is 2. The number of hydrogen-bond donors (Lipinski definition) is 2. The van der Waals surface area contributed by atoms with Crippen LogP contribution in [0, 0.1) is 0 Å². The number of para-hydroxylation sites is 1. The Hall–Kier alpha value is -2.82. The van der Waals surface area contributed by atoms with Crippen LogP contribution >= 0.6 is 0 Å². The highest BCUT2D eigenvalue weighted by Gasteiger charge is 2.07. The molecule has 0 spiro atoms. The van der Waals surface area contributed by atoms with Crippen LogP contribution in [0.5, 0.6) is 0 Å². The highest BCUT2D eigenvalue weighted by Crippen LogP contribution is 2.22. The number of esters is 1. The average molecular weight is 339 g/mol. The number of rotatable bonds is 6. The number of hydrogen-bond acceptors (Lipinski definition) is 3. The fraction of sp³-hybridized carbons (Fsp3) is 0.300. The minimum atomic E-state index is -0.348. The van der Waals surface area contributed by atoms with Crippen molar-refractivity contribution in [1.29, 1.82) is 0 Å². The van der Waals surface area contributed by atoms with Crippen LogP contribution in [0.25, 0.3) is 0 Å². The first-order valence-electron chi connectivity index (χ1n) is 8.44. The van der Waals surface area contributed by atoms with Gasteiger partial charge < -0.3 is 15.8 Å². The Morgan fingerprint density at radius 3 is 2.20 bits per heavy atom. The summed E-state index contributed by atoms with van der Waals surface area (Å²) in [6, 6.07) is 13.4. The third-order valence-electron chi connectivity index (χ3n) is 4.06. The van der Waals surface area contributed by atoms with E-state index in [0.717, 1.165) is 24.1 Å². The van der Waals surface area contributed by atoms with Crippen molar-refractivity contribution in [3.63, 3.8) is 0 Å². The molecule has 0 bridgehead atoms. The molecule has 25 heavy (non-hydrogen) atoms. The summed E-state index contributed by atoms with van der Waals surface area (Å²) >= 11 is 0. The van der Waals surface area contributed by atoms with E-state index in [2.05, 4.69) is 47.1 Å². The molecule has 0 radical (unpaired) electrons. The molecule has 132 valence electrons. The molecule has 5 heteroatoms. The van der Waals surface area contributed by atoms with Gasteiger partial charge in [0.15, 0.2) is 5.96 Å². The van der Waals surface area contributed by atoms with Gasteiger partial charge in [0.05, 0.1) is 19.2 Å². The van der Waals surface area contributed by atoms with Gasteiger partial charge in [0, 0.05) is 5.69 Å². The summed E-state index contributed by atoms with van der Waals surface area (Å²) in [6.07, 6.45) is 1.86. The second kappa shape index (κ2) is 8.87. The second-order valence-electron chi connectivity index (χ2n) is 5.67. The van der Waals surface area contributed by atoms with E-state index in [-0.39, 0.29) is 5.97 Å². The minimum absolute atomic E-state index is 0.348. The zero-order valence-electron chi connectivity index (χ0n) is 15.0. The van der Waals surface area contributed by atoms with Crippen LogP contribution in [0.3, 0.4) is 0 Å². The van der Waals surface area contributed by atoms with E-state index in [9.17, 15) is 4.79 Å². The number of carbonyl (C=O) groups excluding carboxylic acids is 1. The molecule has 0 heterocycles. The maximum Gasteiger partial charge on any atom is 0.337 e. The van der Waals surface area contributed by atoms with Gasteiger partial charge in [-0.25, -0.2) is 9.79 Å². The Balaban J connectivity index is 2.09. The molecule has 0 atom stereocenters. The van der Waals surface area contributed by atoms with Crippen molar-refractivity contribution < 1.29 is 9.53 Å². The van der Waals surface area contributed by atoms with Gasteiger partial charge in [-0.1, -0.05) is 44.2 Å². The minimum Gasteiger partial charge on any atom is -0.465 e. The molecule has 0 aliphatic rings. The summed E-state index contributed by atoms with van der Waals surface area (Å²) in [5.74, 6) is 0.0344. The van der Waals surface area contributed by atoms with Crippen molar-refractivity contribution in [3.05, 3.63) is 64.7 Å². The van der Waals surface area contributed by atoms with Gasteiger partial charge in [-0.3, -0.25) is 0 Å². The van der Waals surface area contributed by atoms with Crippen LogP contribution in [0.2, 0.25) is 0 Å². The van der Waals surface area contributed by atoms with E-state index >= 15 is 0 Å². The zero-order chi connectivity index (χ0) is 18.2. The van der Waals surface area contributed by atoms with Gasteiger partial charge >= 0.3 is 5.97 Å². The molecule has 0 saturated carbocycles. The molecule has 2 rings (SSSR count). The van der Waals surface area contributed by atoms with Crippen LogP contribution in [0.4, 0.5) is 5.69 Å². The highest BCUT2D eigenvalue weighted by molar-refractivity contribution is 5.94. The summed E-state index contributed by atoms with van der Waals surface area (Å²) < 4.78 is 4.69. The maximum absolute atomic E-state index is 11.4. The van der Waals surface area contributed by atoms with Gasteiger partial charge in [0.25, 0.3) is 0 Å². The molecule has 0 aliphatic heterocycles. The van der Waals surface area contributed by atoms with E-state index in [1.165, 1.54) is 18.2 Å². The molecule has 0 amide bonds. The highest BCUT2D eigenvalue weighted by atomic mass is 16.5. The molecule has 0 aliphatic carbocycles. The van der Waals surface area contributed by atoms with Crippen molar-refractivity contribution in [1.82, 2.24) is 0 Å². The number of nitrogens with zero attached hydrogens (tertiary/aromatic N) is 1. The third kappa shape index (κ3) is 4.83. The molecule has 0 aromatic heterocycles. The van der Waals surface area contributed by atoms with Gasteiger partial charge in [-0.2, -0.15) is 0 Å². The van der Waals surface area contributed by atoms with Gasteiger partial charge in [0.1, 0.15) is 0 Å². The number of carbonyl (C=O) groups is 1. The van der Waals surface area contributed by atoms with Crippen molar-refractivity contribution in [2.75, 3.05) is 12.4 Å². The Morgan fingerprint density at radius 1 is 1.08 bits per heavy atom. The molecule has 0 saturated heterocycles. The van der Waals surface area contributed by atoms with Crippen molar-refractivity contribution >= 4 is 17.6 Å². The number of ether oxygens (including phenoxy) is 1. The van der Waals surface area contributed by atoms with E-state index in [0.29, 0.717) is 18.1 Å². The first-order chi connectivity index (χ1) is 12.1. The summed E-state index contributed by atoms with van der Waals surface area (Å²) in [7, 11) is 1.37. The molecule has 2 aromatic carbocycles. The fourth-order valence-electron chi connectivity index (χ4n) is 2.61. The van der Waals surface area contributed by atoms with Gasteiger partial charge in [-0.05, 0) is 41.7 Å². The third-order valence-corrected chi connectivity index (χ3v) is 4.06. The Kier molecular flexibility index (Phi) is 6.57. The van der Waals surface area contributed by atoms with Crippen LogP contribution in [0.1, 0.15) is 40.9 Å².